The number of nitro groups is 1. The van der Waals surface area contributed by atoms with E-state index in [-0.39, 0.29) is 11.4 Å². The molecule has 0 aliphatic heterocycles. The Bertz CT molecular complexity index is 825. The molecule has 5 heteroatoms. The highest BCUT2D eigenvalue weighted by molar-refractivity contribution is 5.88. The van der Waals surface area contributed by atoms with E-state index in [9.17, 15) is 10.1 Å². The molecule has 104 valence electrons. The molecule has 0 unspecified atom stereocenters. The van der Waals surface area contributed by atoms with Crippen LogP contribution in [0.15, 0.2) is 60.7 Å². The second-order valence-electron chi connectivity index (χ2n) is 4.56. The molecule has 0 spiro atoms. The van der Waals surface area contributed by atoms with Gasteiger partial charge in [0.15, 0.2) is 5.75 Å². The highest BCUT2D eigenvalue weighted by Crippen LogP contribution is 2.34. The van der Waals surface area contributed by atoms with E-state index in [0.717, 1.165) is 10.8 Å². The Kier molecular flexibility index (Phi) is 3.16. The van der Waals surface area contributed by atoms with Gasteiger partial charge in [0.2, 0.25) is 0 Å². The number of ether oxygens (including phenoxy) is 1. The second kappa shape index (κ2) is 5.13. The number of nitrogens with two attached hydrogens (primary N) is 1. The van der Waals surface area contributed by atoms with Crippen LogP contribution < -0.4 is 10.5 Å². The predicted molar refractivity (Wildman–Crippen MR) is 81.5 cm³/mol. The number of hydrogen-bond acceptors (Lipinski definition) is 4. The van der Waals surface area contributed by atoms with Gasteiger partial charge >= 0.3 is 0 Å². The fourth-order valence-electron chi connectivity index (χ4n) is 2.15. The molecule has 0 saturated carbocycles. The number of hydrogen-bond donors (Lipinski definition) is 1. The third-order valence-electron chi connectivity index (χ3n) is 3.17. The van der Waals surface area contributed by atoms with Crippen molar-refractivity contribution in [2.24, 2.45) is 0 Å². The normalized spacial score (nSPS) is 10.5. The zero-order valence-electron chi connectivity index (χ0n) is 11.0. The number of rotatable bonds is 3. The monoisotopic (exact) mass is 280 g/mol. The summed E-state index contributed by atoms with van der Waals surface area (Å²) in [5, 5.41) is 12.7. The number of nitrogen functional groups attached to an aromatic ring is 1. The van der Waals surface area contributed by atoms with Crippen molar-refractivity contribution in [2.45, 2.75) is 0 Å². The molecule has 0 aliphatic rings. The lowest BCUT2D eigenvalue weighted by Gasteiger charge is -2.10. The molecular weight excluding hydrogens is 268 g/mol. The number of fused-ring (bicyclic) bond motifs is 1. The molecule has 0 aromatic heterocycles. The molecule has 0 atom stereocenters. The summed E-state index contributed by atoms with van der Waals surface area (Å²) >= 11 is 0. The fraction of sp³-hybridized carbons (Fsp3) is 0. The zero-order valence-corrected chi connectivity index (χ0v) is 11.0. The molecule has 3 aromatic carbocycles. The topological polar surface area (TPSA) is 78.4 Å². The van der Waals surface area contributed by atoms with Gasteiger partial charge in [-0.1, -0.05) is 36.4 Å². The first kappa shape index (κ1) is 12.9. The van der Waals surface area contributed by atoms with Gasteiger partial charge in [-0.3, -0.25) is 10.1 Å². The Hall–Kier alpha value is -3.08. The van der Waals surface area contributed by atoms with Crippen molar-refractivity contribution in [1.29, 1.82) is 0 Å². The van der Waals surface area contributed by atoms with Crippen LogP contribution in [0.5, 0.6) is 11.5 Å². The highest BCUT2D eigenvalue weighted by atomic mass is 16.6. The van der Waals surface area contributed by atoms with Crippen molar-refractivity contribution in [3.8, 4) is 11.5 Å². The Morgan fingerprint density at radius 3 is 2.48 bits per heavy atom. The Morgan fingerprint density at radius 1 is 0.952 bits per heavy atom. The van der Waals surface area contributed by atoms with Crippen molar-refractivity contribution in [1.82, 2.24) is 0 Å². The van der Waals surface area contributed by atoms with Crippen LogP contribution in [0.25, 0.3) is 10.8 Å². The quantitative estimate of drug-likeness (QED) is 0.444. The SMILES string of the molecule is Nc1cc([N+](=O)[O-])ccc1Oc1cccc2ccccc12. The smallest absolute Gasteiger partial charge is 0.271 e. The second-order valence-corrected chi connectivity index (χ2v) is 4.56. The van der Waals surface area contributed by atoms with E-state index in [1.54, 1.807) is 0 Å². The molecule has 0 amide bonds. The van der Waals surface area contributed by atoms with Crippen LogP contribution in [0.3, 0.4) is 0 Å². The maximum atomic E-state index is 10.7. The van der Waals surface area contributed by atoms with E-state index < -0.39 is 4.92 Å². The predicted octanol–water partition coefficient (Wildman–Crippen LogP) is 4.12. The molecule has 0 radical (unpaired) electrons. The van der Waals surface area contributed by atoms with Crippen molar-refractivity contribution >= 4 is 22.1 Å². The zero-order chi connectivity index (χ0) is 14.8. The van der Waals surface area contributed by atoms with Gasteiger partial charge in [-0.15, -0.1) is 0 Å². The first-order chi connectivity index (χ1) is 10.1. The van der Waals surface area contributed by atoms with E-state index >= 15 is 0 Å². The van der Waals surface area contributed by atoms with Crippen LogP contribution in [0.4, 0.5) is 11.4 Å². The molecule has 3 aromatic rings. The molecule has 3 rings (SSSR count). The van der Waals surface area contributed by atoms with Crippen LogP contribution in [-0.4, -0.2) is 4.92 Å². The lowest BCUT2D eigenvalue weighted by Crippen LogP contribution is -1.95. The molecule has 2 N–H and O–H groups in total. The van der Waals surface area contributed by atoms with Crippen LogP contribution in [0.2, 0.25) is 0 Å². The summed E-state index contributed by atoms with van der Waals surface area (Å²) in [6.45, 7) is 0. The van der Waals surface area contributed by atoms with Gasteiger partial charge in [0.25, 0.3) is 5.69 Å². The molecule has 21 heavy (non-hydrogen) atoms. The largest absolute Gasteiger partial charge is 0.455 e. The van der Waals surface area contributed by atoms with Crippen LogP contribution in [0, 0.1) is 10.1 Å². The van der Waals surface area contributed by atoms with Crippen molar-refractivity contribution in [2.75, 3.05) is 5.73 Å². The lowest BCUT2D eigenvalue weighted by molar-refractivity contribution is -0.384. The summed E-state index contributed by atoms with van der Waals surface area (Å²) in [4.78, 5) is 10.2. The molecule has 0 bridgehead atoms. The lowest BCUT2D eigenvalue weighted by atomic mass is 10.1. The number of non-ortho nitro benzene ring substituents is 1. The van der Waals surface area contributed by atoms with Crippen LogP contribution >= 0.6 is 0 Å². The average Bonchev–Trinajstić information content (AvgIpc) is 2.49. The number of nitrogens with zero attached hydrogens (tertiary/aromatic N) is 1. The Balaban J connectivity index is 2.01. The minimum absolute atomic E-state index is 0.0576. The van der Waals surface area contributed by atoms with E-state index in [2.05, 4.69) is 0 Å². The van der Waals surface area contributed by atoms with E-state index in [0.29, 0.717) is 11.5 Å². The summed E-state index contributed by atoms with van der Waals surface area (Å²) in [5.74, 6) is 1.06. The van der Waals surface area contributed by atoms with E-state index in [1.165, 1.54) is 18.2 Å². The van der Waals surface area contributed by atoms with Crippen molar-refractivity contribution in [3.05, 3.63) is 70.8 Å². The van der Waals surface area contributed by atoms with Gasteiger partial charge < -0.3 is 10.5 Å². The summed E-state index contributed by atoms with van der Waals surface area (Å²) < 4.78 is 5.81. The third kappa shape index (κ3) is 2.49. The number of benzene rings is 3. The van der Waals surface area contributed by atoms with Gasteiger partial charge in [0.05, 0.1) is 10.6 Å². The van der Waals surface area contributed by atoms with Gasteiger partial charge in [0.1, 0.15) is 5.75 Å². The fourth-order valence-corrected chi connectivity index (χ4v) is 2.15. The van der Waals surface area contributed by atoms with Crippen LogP contribution in [-0.2, 0) is 0 Å². The van der Waals surface area contributed by atoms with E-state index in [4.69, 9.17) is 10.5 Å². The maximum Gasteiger partial charge on any atom is 0.271 e. The molecular formula is C16H12N2O3. The first-order valence-corrected chi connectivity index (χ1v) is 6.35. The molecule has 0 aliphatic carbocycles. The summed E-state index contributed by atoms with van der Waals surface area (Å²) in [5.41, 5.74) is 6.00. The minimum Gasteiger partial charge on any atom is -0.455 e. The van der Waals surface area contributed by atoms with Gasteiger partial charge in [-0.2, -0.15) is 0 Å². The molecule has 0 heterocycles. The molecule has 0 fully saturated rings. The minimum atomic E-state index is -0.488. The Labute approximate surface area is 120 Å². The van der Waals surface area contributed by atoms with Crippen LogP contribution in [0.1, 0.15) is 0 Å². The third-order valence-corrected chi connectivity index (χ3v) is 3.17. The average molecular weight is 280 g/mol. The van der Waals surface area contributed by atoms with E-state index in [1.807, 2.05) is 42.5 Å². The summed E-state index contributed by atoms with van der Waals surface area (Å²) in [6.07, 6.45) is 0. The molecule has 5 nitrogen and oxygen atoms in total. The standard InChI is InChI=1S/C16H12N2O3/c17-14-10-12(18(19)20)8-9-16(14)21-15-7-3-5-11-4-1-2-6-13(11)15/h1-10H,17H2. The first-order valence-electron chi connectivity index (χ1n) is 6.35. The number of nitro benzene ring substituents is 1. The summed E-state index contributed by atoms with van der Waals surface area (Å²) in [7, 11) is 0. The summed E-state index contributed by atoms with van der Waals surface area (Å²) in [6, 6.07) is 17.7. The number of anilines is 1. The van der Waals surface area contributed by atoms with Crippen molar-refractivity contribution in [3.63, 3.8) is 0 Å². The molecule has 0 saturated heterocycles. The van der Waals surface area contributed by atoms with Gasteiger partial charge in [-0.05, 0) is 17.5 Å². The maximum absolute atomic E-state index is 10.7. The van der Waals surface area contributed by atoms with Crippen molar-refractivity contribution < 1.29 is 9.66 Å². The van der Waals surface area contributed by atoms with Gasteiger partial charge in [0, 0.05) is 17.5 Å². The Morgan fingerprint density at radius 2 is 1.71 bits per heavy atom. The highest BCUT2D eigenvalue weighted by Gasteiger charge is 2.11. The van der Waals surface area contributed by atoms with Gasteiger partial charge in [-0.25, -0.2) is 0 Å².